The molecule has 1 aliphatic heterocycles. The fourth-order valence-electron chi connectivity index (χ4n) is 2.10. The smallest absolute Gasteiger partial charge is 0.248 e. The highest BCUT2D eigenvalue weighted by atomic mass is 79.9. The van der Waals surface area contributed by atoms with Crippen molar-refractivity contribution in [3.63, 3.8) is 0 Å². The van der Waals surface area contributed by atoms with E-state index in [0.717, 1.165) is 6.42 Å². The highest BCUT2D eigenvalue weighted by Crippen LogP contribution is 2.19. The fraction of sp³-hybridized carbons (Fsp3) is 0.417. The van der Waals surface area contributed by atoms with Crippen LogP contribution in [-0.4, -0.2) is 34.3 Å². The maximum absolute atomic E-state index is 12.1. The number of hydrogen-bond acceptors (Lipinski definition) is 3. The summed E-state index contributed by atoms with van der Waals surface area (Å²) >= 11 is 3.24. The predicted octanol–water partition coefficient (Wildman–Crippen LogP) is 1.79. The fourth-order valence-corrected chi connectivity index (χ4v) is 2.45. The molecule has 2 rings (SSSR count). The molecule has 1 atom stereocenters. The normalized spacial score (nSPS) is 18.8. The molecule has 0 spiro atoms. The summed E-state index contributed by atoms with van der Waals surface area (Å²) in [5.41, 5.74) is 0. The Labute approximate surface area is 114 Å². The molecule has 5 nitrogen and oxygen atoms in total. The van der Waals surface area contributed by atoms with E-state index < -0.39 is 0 Å². The van der Waals surface area contributed by atoms with Gasteiger partial charge in [0.1, 0.15) is 16.5 Å². The lowest BCUT2D eigenvalue weighted by Crippen LogP contribution is -2.42. The van der Waals surface area contributed by atoms with E-state index in [0.29, 0.717) is 23.4 Å². The van der Waals surface area contributed by atoms with Crippen LogP contribution in [0, 0.1) is 0 Å². The summed E-state index contributed by atoms with van der Waals surface area (Å²) in [5, 5.41) is 2.74. The predicted molar refractivity (Wildman–Crippen MR) is 71.0 cm³/mol. The van der Waals surface area contributed by atoms with Crippen LogP contribution in [0.2, 0.25) is 0 Å². The van der Waals surface area contributed by atoms with Crippen LogP contribution in [0.5, 0.6) is 0 Å². The van der Waals surface area contributed by atoms with Crippen LogP contribution in [0.15, 0.2) is 22.8 Å². The Hall–Kier alpha value is -1.43. The second kappa shape index (κ2) is 5.48. The van der Waals surface area contributed by atoms with Crippen LogP contribution in [0.25, 0.3) is 0 Å². The first-order valence-corrected chi connectivity index (χ1v) is 6.58. The van der Waals surface area contributed by atoms with E-state index in [1.807, 2.05) is 0 Å². The third kappa shape index (κ3) is 2.87. The van der Waals surface area contributed by atoms with Crippen molar-refractivity contribution >= 4 is 33.6 Å². The van der Waals surface area contributed by atoms with E-state index >= 15 is 0 Å². The topological polar surface area (TPSA) is 62.3 Å². The van der Waals surface area contributed by atoms with Gasteiger partial charge in [-0.2, -0.15) is 0 Å². The Kier molecular flexibility index (Phi) is 3.96. The molecule has 18 heavy (non-hydrogen) atoms. The van der Waals surface area contributed by atoms with Crippen molar-refractivity contribution in [1.82, 2.24) is 9.88 Å². The minimum atomic E-state index is -0.372. The van der Waals surface area contributed by atoms with Crippen LogP contribution >= 0.6 is 15.9 Å². The summed E-state index contributed by atoms with van der Waals surface area (Å²) in [6.07, 6.45) is 1.57. The zero-order valence-corrected chi connectivity index (χ0v) is 11.6. The van der Waals surface area contributed by atoms with Gasteiger partial charge in [0.05, 0.1) is 0 Å². The molecule has 1 aromatic heterocycles. The van der Waals surface area contributed by atoms with Gasteiger partial charge in [0, 0.05) is 13.5 Å². The lowest BCUT2D eigenvalue weighted by molar-refractivity contribution is -0.134. The highest BCUT2D eigenvalue weighted by Gasteiger charge is 2.32. The summed E-state index contributed by atoms with van der Waals surface area (Å²) in [6.45, 7) is 2.14. The Bertz CT molecular complexity index is 478. The van der Waals surface area contributed by atoms with Crippen LogP contribution < -0.4 is 5.32 Å². The second-order valence-electron chi connectivity index (χ2n) is 4.21. The molecule has 1 aliphatic rings. The molecule has 2 heterocycles. The lowest BCUT2D eigenvalue weighted by atomic mass is 10.2. The molecule has 0 bridgehead atoms. The van der Waals surface area contributed by atoms with Gasteiger partial charge in [-0.1, -0.05) is 6.07 Å². The Morgan fingerprint density at radius 2 is 2.28 bits per heavy atom. The molecule has 0 aliphatic carbocycles. The Balaban J connectivity index is 2.06. The third-order valence-electron chi connectivity index (χ3n) is 2.93. The average molecular weight is 312 g/mol. The number of amides is 2. The summed E-state index contributed by atoms with van der Waals surface area (Å²) in [7, 11) is 0. The number of pyridine rings is 1. The van der Waals surface area contributed by atoms with Gasteiger partial charge in [-0.25, -0.2) is 4.98 Å². The van der Waals surface area contributed by atoms with Gasteiger partial charge < -0.3 is 10.2 Å². The third-order valence-corrected chi connectivity index (χ3v) is 3.37. The zero-order chi connectivity index (χ0) is 13.1. The first kappa shape index (κ1) is 13.0. The number of carbonyl (C=O) groups is 2. The van der Waals surface area contributed by atoms with E-state index in [2.05, 4.69) is 26.2 Å². The first-order chi connectivity index (χ1) is 8.58. The molecule has 0 aromatic carbocycles. The molecule has 1 N–H and O–H groups in total. The van der Waals surface area contributed by atoms with E-state index in [1.165, 1.54) is 6.92 Å². The summed E-state index contributed by atoms with van der Waals surface area (Å²) in [5.74, 6) is 0.257. The highest BCUT2D eigenvalue weighted by molar-refractivity contribution is 9.10. The van der Waals surface area contributed by atoms with Crippen molar-refractivity contribution in [2.24, 2.45) is 0 Å². The standard InChI is InChI=1S/C12H14BrN3O2/c1-8(17)16-7-3-4-9(16)12(18)15-11-6-2-5-10(13)14-11/h2,5-6,9H,3-4,7H2,1H3,(H,14,15,18). The largest absolute Gasteiger partial charge is 0.331 e. The van der Waals surface area contributed by atoms with Crippen molar-refractivity contribution < 1.29 is 9.59 Å². The molecule has 2 amide bonds. The number of hydrogen-bond donors (Lipinski definition) is 1. The molecule has 0 radical (unpaired) electrons. The number of anilines is 1. The van der Waals surface area contributed by atoms with Crippen LogP contribution in [0.4, 0.5) is 5.82 Å². The molecular formula is C12H14BrN3O2. The van der Waals surface area contributed by atoms with Gasteiger partial charge in [-0.05, 0) is 40.9 Å². The van der Waals surface area contributed by atoms with Crippen molar-refractivity contribution in [3.05, 3.63) is 22.8 Å². The molecule has 1 saturated heterocycles. The monoisotopic (exact) mass is 311 g/mol. The second-order valence-corrected chi connectivity index (χ2v) is 5.02. The van der Waals surface area contributed by atoms with Crippen molar-refractivity contribution in [3.8, 4) is 0 Å². The van der Waals surface area contributed by atoms with E-state index in [4.69, 9.17) is 0 Å². The molecule has 0 saturated carbocycles. The number of nitrogens with one attached hydrogen (secondary N) is 1. The van der Waals surface area contributed by atoms with E-state index in [-0.39, 0.29) is 17.9 Å². The molecular weight excluding hydrogens is 298 g/mol. The summed E-state index contributed by atoms with van der Waals surface area (Å²) < 4.78 is 0.662. The van der Waals surface area contributed by atoms with Crippen molar-refractivity contribution in [2.45, 2.75) is 25.8 Å². The molecule has 1 aromatic rings. The van der Waals surface area contributed by atoms with Crippen LogP contribution in [-0.2, 0) is 9.59 Å². The average Bonchev–Trinajstić information content (AvgIpc) is 2.77. The minimum Gasteiger partial charge on any atom is -0.331 e. The SMILES string of the molecule is CC(=O)N1CCCC1C(=O)Nc1cccc(Br)n1. The Morgan fingerprint density at radius 3 is 2.94 bits per heavy atom. The number of likely N-dealkylation sites (tertiary alicyclic amines) is 1. The van der Waals surface area contributed by atoms with Gasteiger partial charge in [0.2, 0.25) is 11.8 Å². The van der Waals surface area contributed by atoms with E-state index in [9.17, 15) is 9.59 Å². The van der Waals surface area contributed by atoms with Gasteiger partial charge in [-0.3, -0.25) is 9.59 Å². The van der Waals surface area contributed by atoms with Gasteiger partial charge in [0.25, 0.3) is 0 Å². The first-order valence-electron chi connectivity index (χ1n) is 5.78. The number of halogens is 1. The van der Waals surface area contributed by atoms with Crippen LogP contribution in [0.3, 0.4) is 0 Å². The zero-order valence-electron chi connectivity index (χ0n) is 10.0. The van der Waals surface area contributed by atoms with Gasteiger partial charge >= 0.3 is 0 Å². The maximum Gasteiger partial charge on any atom is 0.248 e. The van der Waals surface area contributed by atoms with Crippen molar-refractivity contribution in [2.75, 3.05) is 11.9 Å². The summed E-state index contributed by atoms with van der Waals surface area (Å²) in [4.78, 5) is 29.2. The number of nitrogens with zero attached hydrogens (tertiary/aromatic N) is 2. The van der Waals surface area contributed by atoms with Crippen LogP contribution in [0.1, 0.15) is 19.8 Å². The number of carbonyl (C=O) groups excluding carboxylic acids is 2. The summed E-state index contributed by atoms with van der Waals surface area (Å²) in [6, 6.07) is 4.93. The van der Waals surface area contributed by atoms with Crippen molar-refractivity contribution in [1.29, 1.82) is 0 Å². The molecule has 6 heteroatoms. The molecule has 1 unspecified atom stereocenters. The molecule has 96 valence electrons. The minimum absolute atomic E-state index is 0.0603. The quantitative estimate of drug-likeness (QED) is 0.847. The number of rotatable bonds is 2. The molecule has 1 fully saturated rings. The van der Waals surface area contributed by atoms with Gasteiger partial charge in [0.15, 0.2) is 0 Å². The Morgan fingerprint density at radius 1 is 1.50 bits per heavy atom. The van der Waals surface area contributed by atoms with E-state index in [1.54, 1.807) is 23.1 Å². The number of aromatic nitrogens is 1. The maximum atomic E-state index is 12.1. The lowest BCUT2D eigenvalue weighted by Gasteiger charge is -2.22. The van der Waals surface area contributed by atoms with Gasteiger partial charge in [-0.15, -0.1) is 0 Å².